The molecule has 0 amide bonds. The highest BCUT2D eigenvalue weighted by Gasteiger charge is 2.36. The van der Waals surface area contributed by atoms with Crippen LogP contribution in [0.3, 0.4) is 0 Å². The van der Waals surface area contributed by atoms with Gasteiger partial charge < -0.3 is 9.72 Å². The second kappa shape index (κ2) is 5.28. The third-order valence-corrected chi connectivity index (χ3v) is 6.46. The molecule has 2 aromatic rings. The van der Waals surface area contributed by atoms with Crippen molar-refractivity contribution in [1.82, 2.24) is 14.3 Å². The highest BCUT2D eigenvalue weighted by Crippen LogP contribution is 2.30. The molecule has 1 fully saturated rings. The maximum Gasteiger partial charge on any atom is 0.253 e. The minimum atomic E-state index is -3.49. The number of sulfonamides is 1. The second-order valence-corrected chi connectivity index (χ2v) is 7.66. The van der Waals surface area contributed by atoms with E-state index in [1.54, 1.807) is 23.7 Å². The minimum Gasteiger partial charge on any atom is -0.378 e. The number of thiophene rings is 1. The van der Waals surface area contributed by atoms with Crippen molar-refractivity contribution in [2.24, 2.45) is 0 Å². The Hall–Kier alpha value is -1.22. The van der Waals surface area contributed by atoms with E-state index in [2.05, 4.69) is 9.97 Å². The third-order valence-electron chi connectivity index (χ3n) is 3.18. The van der Waals surface area contributed by atoms with Crippen LogP contribution in [0.1, 0.15) is 17.6 Å². The molecule has 20 heavy (non-hydrogen) atoms. The number of nitrogens with zero attached hydrogens (tertiary/aromatic N) is 2. The van der Waals surface area contributed by atoms with E-state index >= 15 is 0 Å². The Labute approximate surface area is 121 Å². The Morgan fingerprint density at radius 1 is 1.55 bits per heavy atom. The molecule has 0 aromatic carbocycles. The van der Waals surface area contributed by atoms with Crippen molar-refractivity contribution in [2.45, 2.75) is 17.2 Å². The lowest BCUT2D eigenvalue weighted by Crippen LogP contribution is -2.43. The van der Waals surface area contributed by atoms with Crippen LogP contribution in [0.5, 0.6) is 0 Å². The van der Waals surface area contributed by atoms with Crippen molar-refractivity contribution >= 4 is 21.4 Å². The van der Waals surface area contributed by atoms with E-state index in [1.807, 2.05) is 6.92 Å². The summed E-state index contributed by atoms with van der Waals surface area (Å²) in [6, 6.07) is 2.97. The van der Waals surface area contributed by atoms with Gasteiger partial charge in [-0.25, -0.2) is 13.4 Å². The molecular formula is C12H15N3O3S2. The van der Waals surface area contributed by atoms with Crippen molar-refractivity contribution in [1.29, 1.82) is 0 Å². The van der Waals surface area contributed by atoms with Crippen LogP contribution in [0.4, 0.5) is 0 Å². The van der Waals surface area contributed by atoms with Crippen molar-refractivity contribution in [2.75, 3.05) is 19.8 Å². The highest BCUT2D eigenvalue weighted by atomic mass is 32.2. The van der Waals surface area contributed by atoms with Gasteiger partial charge in [-0.1, -0.05) is 6.07 Å². The third kappa shape index (κ3) is 2.39. The monoisotopic (exact) mass is 313 g/mol. The summed E-state index contributed by atoms with van der Waals surface area (Å²) in [5, 5.41) is 1.76. The first-order valence-corrected chi connectivity index (χ1v) is 8.55. The van der Waals surface area contributed by atoms with Crippen molar-refractivity contribution in [3.8, 4) is 0 Å². The van der Waals surface area contributed by atoms with Gasteiger partial charge in [-0.2, -0.15) is 4.31 Å². The molecule has 2 aromatic heterocycles. The number of aryl methyl sites for hydroxylation is 1. The molecule has 0 bridgehead atoms. The number of ether oxygens (including phenoxy) is 1. The van der Waals surface area contributed by atoms with Crippen LogP contribution in [0.2, 0.25) is 0 Å². The van der Waals surface area contributed by atoms with Gasteiger partial charge in [0.15, 0.2) is 0 Å². The number of rotatable bonds is 3. The van der Waals surface area contributed by atoms with E-state index in [1.165, 1.54) is 15.6 Å². The summed E-state index contributed by atoms with van der Waals surface area (Å²) in [6.45, 7) is 2.95. The van der Waals surface area contributed by atoms with Crippen LogP contribution in [-0.2, 0) is 14.8 Å². The molecule has 0 radical (unpaired) electrons. The van der Waals surface area contributed by atoms with E-state index in [9.17, 15) is 8.42 Å². The highest BCUT2D eigenvalue weighted by molar-refractivity contribution is 7.91. The Morgan fingerprint density at radius 3 is 3.05 bits per heavy atom. The van der Waals surface area contributed by atoms with Crippen LogP contribution >= 0.6 is 11.3 Å². The lowest BCUT2D eigenvalue weighted by atomic mass is 10.2. The smallest absolute Gasteiger partial charge is 0.253 e. The quantitative estimate of drug-likeness (QED) is 0.932. The zero-order chi connectivity index (χ0) is 14.2. The molecular weight excluding hydrogens is 298 g/mol. The SMILES string of the molecule is Cc1cnc(C2COCCN2S(=O)(=O)c2cccs2)[nH]1. The maximum atomic E-state index is 12.7. The molecule has 0 spiro atoms. The zero-order valence-electron chi connectivity index (χ0n) is 10.9. The zero-order valence-corrected chi connectivity index (χ0v) is 12.6. The minimum absolute atomic E-state index is 0.317. The molecule has 1 atom stereocenters. The Balaban J connectivity index is 1.97. The van der Waals surface area contributed by atoms with Gasteiger partial charge in [0, 0.05) is 18.4 Å². The summed E-state index contributed by atoms with van der Waals surface area (Å²) in [5.74, 6) is 0.627. The fourth-order valence-electron chi connectivity index (χ4n) is 2.22. The summed E-state index contributed by atoms with van der Waals surface area (Å²) in [7, 11) is -3.49. The van der Waals surface area contributed by atoms with Crippen LogP contribution in [-0.4, -0.2) is 42.4 Å². The molecule has 3 rings (SSSR count). The predicted octanol–water partition coefficient (Wildman–Crippen LogP) is 1.54. The normalized spacial score (nSPS) is 21.1. The fraction of sp³-hybridized carbons (Fsp3) is 0.417. The Bertz CT molecular complexity index is 679. The van der Waals surface area contributed by atoms with Gasteiger partial charge in [-0.15, -0.1) is 11.3 Å². The molecule has 1 saturated heterocycles. The molecule has 1 aliphatic heterocycles. The van der Waals surface area contributed by atoms with E-state index in [0.29, 0.717) is 29.8 Å². The number of nitrogens with one attached hydrogen (secondary N) is 1. The Morgan fingerprint density at radius 2 is 2.40 bits per heavy atom. The van der Waals surface area contributed by atoms with E-state index in [0.717, 1.165) is 5.69 Å². The summed E-state index contributed by atoms with van der Waals surface area (Å²) in [6.07, 6.45) is 1.69. The van der Waals surface area contributed by atoms with Crippen molar-refractivity contribution in [3.63, 3.8) is 0 Å². The van der Waals surface area contributed by atoms with Gasteiger partial charge >= 0.3 is 0 Å². The number of aromatic amines is 1. The second-order valence-electron chi connectivity index (χ2n) is 4.59. The van der Waals surface area contributed by atoms with E-state index in [4.69, 9.17) is 4.74 Å². The van der Waals surface area contributed by atoms with Gasteiger partial charge in [0.2, 0.25) is 0 Å². The van der Waals surface area contributed by atoms with Crippen LogP contribution in [0, 0.1) is 6.92 Å². The first-order chi connectivity index (χ1) is 9.59. The Kier molecular flexibility index (Phi) is 3.63. The predicted molar refractivity (Wildman–Crippen MR) is 75.1 cm³/mol. The van der Waals surface area contributed by atoms with E-state index < -0.39 is 16.1 Å². The van der Waals surface area contributed by atoms with Crippen LogP contribution < -0.4 is 0 Å². The average molecular weight is 313 g/mol. The number of hydrogen-bond donors (Lipinski definition) is 1. The number of hydrogen-bond acceptors (Lipinski definition) is 5. The lowest BCUT2D eigenvalue weighted by Gasteiger charge is -2.32. The fourth-order valence-corrected chi connectivity index (χ4v) is 4.90. The molecule has 8 heteroatoms. The van der Waals surface area contributed by atoms with Gasteiger partial charge in [0.1, 0.15) is 16.1 Å². The number of imidazole rings is 1. The molecule has 0 saturated carbocycles. The standard InChI is InChI=1S/C12H15N3O3S2/c1-9-7-13-12(14-9)10-8-18-5-4-15(10)20(16,17)11-3-2-6-19-11/h2-3,6-7,10H,4-5,8H2,1H3,(H,13,14). The molecule has 1 aliphatic rings. The summed E-state index contributed by atoms with van der Waals surface area (Å²) in [5.41, 5.74) is 0.902. The summed E-state index contributed by atoms with van der Waals surface area (Å²) >= 11 is 1.22. The number of morpholine rings is 1. The average Bonchev–Trinajstić information content (AvgIpc) is 3.10. The molecule has 3 heterocycles. The molecule has 1 unspecified atom stereocenters. The lowest BCUT2D eigenvalue weighted by molar-refractivity contribution is 0.0293. The number of aromatic nitrogens is 2. The topological polar surface area (TPSA) is 75.3 Å². The van der Waals surface area contributed by atoms with Crippen LogP contribution in [0.25, 0.3) is 0 Å². The first kappa shape index (κ1) is 13.7. The van der Waals surface area contributed by atoms with Crippen molar-refractivity contribution in [3.05, 3.63) is 35.2 Å². The summed E-state index contributed by atoms with van der Waals surface area (Å²) < 4.78 is 32.6. The molecule has 108 valence electrons. The van der Waals surface area contributed by atoms with Crippen LogP contribution in [0.15, 0.2) is 27.9 Å². The number of H-pyrrole nitrogens is 1. The van der Waals surface area contributed by atoms with Gasteiger partial charge in [0.25, 0.3) is 10.0 Å². The first-order valence-electron chi connectivity index (χ1n) is 6.23. The maximum absolute atomic E-state index is 12.7. The molecule has 1 N–H and O–H groups in total. The molecule has 0 aliphatic carbocycles. The molecule has 6 nitrogen and oxygen atoms in total. The van der Waals surface area contributed by atoms with Gasteiger partial charge in [-0.3, -0.25) is 0 Å². The largest absolute Gasteiger partial charge is 0.378 e. The van der Waals surface area contributed by atoms with Gasteiger partial charge in [-0.05, 0) is 18.4 Å². The van der Waals surface area contributed by atoms with E-state index in [-0.39, 0.29) is 0 Å². The van der Waals surface area contributed by atoms with Gasteiger partial charge in [0.05, 0.1) is 13.2 Å². The van der Waals surface area contributed by atoms with Crippen molar-refractivity contribution < 1.29 is 13.2 Å². The summed E-state index contributed by atoms with van der Waals surface area (Å²) in [4.78, 5) is 7.35.